The lowest BCUT2D eigenvalue weighted by molar-refractivity contribution is -0.116. The van der Waals surface area contributed by atoms with Crippen LogP contribution in [-0.2, 0) is 11.2 Å². The standard InChI is InChI=1S/C16H15N3O/c20-16(9-6-12-4-2-1-3-5-12)18-14-7-8-15-13(10-14)11-17-19-15/h1-5,7-8,10-11H,6,9H2,(H,17,19)(H,18,20). The summed E-state index contributed by atoms with van der Waals surface area (Å²) in [4.78, 5) is 11.9. The van der Waals surface area contributed by atoms with Crippen molar-refractivity contribution in [2.45, 2.75) is 12.8 Å². The van der Waals surface area contributed by atoms with E-state index >= 15 is 0 Å². The number of nitrogens with zero attached hydrogens (tertiary/aromatic N) is 1. The molecule has 0 spiro atoms. The predicted octanol–water partition coefficient (Wildman–Crippen LogP) is 3.13. The van der Waals surface area contributed by atoms with Gasteiger partial charge in [0, 0.05) is 17.5 Å². The first-order valence-electron chi connectivity index (χ1n) is 6.58. The maximum atomic E-state index is 11.9. The summed E-state index contributed by atoms with van der Waals surface area (Å²) >= 11 is 0. The molecule has 20 heavy (non-hydrogen) atoms. The number of fused-ring (bicyclic) bond motifs is 1. The molecule has 0 bridgehead atoms. The van der Waals surface area contributed by atoms with E-state index in [1.54, 1.807) is 6.20 Å². The lowest BCUT2D eigenvalue weighted by Crippen LogP contribution is -2.12. The third kappa shape index (κ3) is 2.85. The molecule has 3 rings (SSSR count). The summed E-state index contributed by atoms with van der Waals surface area (Å²) in [5.41, 5.74) is 2.94. The van der Waals surface area contributed by atoms with Gasteiger partial charge in [-0.2, -0.15) is 5.10 Å². The van der Waals surface area contributed by atoms with Gasteiger partial charge in [-0.15, -0.1) is 0 Å². The number of anilines is 1. The van der Waals surface area contributed by atoms with Crippen LogP contribution in [0.15, 0.2) is 54.7 Å². The molecule has 2 N–H and O–H groups in total. The van der Waals surface area contributed by atoms with E-state index in [9.17, 15) is 4.79 Å². The van der Waals surface area contributed by atoms with Crippen LogP contribution in [0.25, 0.3) is 10.9 Å². The van der Waals surface area contributed by atoms with Gasteiger partial charge < -0.3 is 5.32 Å². The van der Waals surface area contributed by atoms with Crippen molar-refractivity contribution in [1.82, 2.24) is 10.2 Å². The first-order chi connectivity index (χ1) is 9.81. The Balaban J connectivity index is 1.61. The molecule has 0 aliphatic carbocycles. The van der Waals surface area contributed by atoms with Crippen molar-refractivity contribution >= 4 is 22.5 Å². The van der Waals surface area contributed by atoms with Gasteiger partial charge in [0.2, 0.25) is 5.91 Å². The predicted molar refractivity (Wildman–Crippen MR) is 79.5 cm³/mol. The van der Waals surface area contributed by atoms with Crippen molar-refractivity contribution in [2.24, 2.45) is 0 Å². The van der Waals surface area contributed by atoms with Crippen molar-refractivity contribution in [2.75, 3.05) is 5.32 Å². The zero-order chi connectivity index (χ0) is 13.8. The normalized spacial score (nSPS) is 10.6. The molecule has 0 radical (unpaired) electrons. The first kappa shape index (κ1) is 12.4. The van der Waals surface area contributed by atoms with Crippen molar-refractivity contribution in [3.63, 3.8) is 0 Å². The quantitative estimate of drug-likeness (QED) is 0.761. The summed E-state index contributed by atoms with van der Waals surface area (Å²) in [6.07, 6.45) is 2.98. The summed E-state index contributed by atoms with van der Waals surface area (Å²) in [6.45, 7) is 0. The van der Waals surface area contributed by atoms with E-state index in [4.69, 9.17) is 0 Å². The average Bonchev–Trinajstić information content (AvgIpc) is 2.94. The van der Waals surface area contributed by atoms with E-state index in [1.807, 2.05) is 48.5 Å². The molecule has 1 aromatic heterocycles. The van der Waals surface area contributed by atoms with Gasteiger partial charge in [-0.05, 0) is 30.2 Å². The van der Waals surface area contributed by atoms with E-state index in [2.05, 4.69) is 15.5 Å². The summed E-state index contributed by atoms with van der Waals surface area (Å²) in [6, 6.07) is 15.7. The summed E-state index contributed by atoms with van der Waals surface area (Å²) in [7, 11) is 0. The number of hydrogen-bond donors (Lipinski definition) is 2. The maximum Gasteiger partial charge on any atom is 0.224 e. The third-order valence-electron chi connectivity index (χ3n) is 3.21. The molecule has 0 aliphatic rings. The zero-order valence-electron chi connectivity index (χ0n) is 11.0. The Labute approximate surface area is 116 Å². The molecule has 2 aromatic carbocycles. The molecule has 100 valence electrons. The van der Waals surface area contributed by atoms with E-state index in [-0.39, 0.29) is 5.91 Å². The number of aryl methyl sites for hydroxylation is 1. The van der Waals surface area contributed by atoms with Crippen LogP contribution in [0, 0.1) is 0 Å². The number of aromatic amines is 1. The van der Waals surface area contributed by atoms with Gasteiger partial charge in [0.25, 0.3) is 0 Å². The highest BCUT2D eigenvalue weighted by Gasteiger charge is 2.04. The van der Waals surface area contributed by atoms with Gasteiger partial charge in [-0.1, -0.05) is 30.3 Å². The minimum Gasteiger partial charge on any atom is -0.326 e. The second-order valence-corrected chi connectivity index (χ2v) is 4.71. The number of benzene rings is 2. The van der Waals surface area contributed by atoms with Crippen LogP contribution in [0.4, 0.5) is 5.69 Å². The number of carbonyl (C=O) groups excluding carboxylic acids is 1. The molecule has 0 aliphatic heterocycles. The van der Waals surface area contributed by atoms with E-state index in [0.29, 0.717) is 6.42 Å². The van der Waals surface area contributed by atoms with E-state index in [1.165, 1.54) is 5.56 Å². The SMILES string of the molecule is O=C(CCc1ccccc1)Nc1ccc2[nH]ncc2c1. The zero-order valence-corrected chi connectivity index (χ0v) is 11.0. The number of amides is 1. The highest BCUT2D eigenvalue weighted by atomic mass is 16.1. The average molecular weight is 265 g/mol. The van der Waals surface area contributed by atoms with Crippen LogP contribution >= 0.6 is 0 Å². The maximum absolute atomic E-state index is 11.9. The molecule has 4 nitrogen and oxygen atoms in total. The van der Waals surface area contributed by atoms with Gasteiger partial charge in [0.05, 0.1) is 11.7 Å². The Morgan fingerprint density at radius 2 is 2.00 bits per heavy atom. The summed E-state index contributed by atoms with van der Waals surface area (Å²) in [5.74, 6) is 0.0247. The smallest absolute Gasteiger partial charge is 0.224 e. The molecule has 3 aromatic rings. The first-order valence-corrected chi connectivity index (χ1v) is 6.58. The Morgan fingerprint density at radius 1 is 1.15 bits per heavy atom. The fraction of sp³-hybridized carbons (Fsp3) is 0.125. The Hall–Kier alpha value is -2.62. The van der Waals surface area contributed by atoms with Crippen molar-refractivity contribution in [1.29, 1.82) is 0 Å². The summed E-state index contributed by atoms with van der Waals surface area (Å²) in [5, 5.41) is 10.7. The molecule has 1 heterocycles. The van der Waals surface area contributed by atoms with Gasteiger partial charge in [-0.25, -0.2) is 0 Å². The van der Waals surface area contributed by atoms with Gasteiger partial charge >= 0.3 is 0 Å². The Bertz CT molecular complexity index is 719. The number of aromatic nitrogens is 2. The minimum atomic E-state index is 0.0247. The Morgan fingerprint density at radius 3 is 2.85 bits per heavy atom. The number of nitrogens with one attached hydrogen (secondary N) is 2. The number of rotatable bonds is 4. The monoisotopic (exact) mass is 265 g/mol. The lowest BCUT2D eigenvalue weighted by atomic mass is 10.1. The van der Waals surface area contributed by atoms with Crippen molar-refractivity contribution in [3.8, 4) is 0 Å². The third-order valence-corrected chi connectivity index (χ3v) is 3.21. The molecule has 1 amide bonds. The van der Waals surface area contributed by atoms with E-state index < -0.39 is 0 Å². The number of carbonyl (C=O) groups is 1. The molecule has 0 saturated carbocycles. The van der Waals surface area contributed by atoms with Crippen LogP contribution < -0.4 is 5.32 Å². The second kappa shape index (κ2) is 5.57. The highest BCUT2D eigenvalue weighted by molar-refractivity contribution is 5.93. The van der Waals surface area contributed by atoms with Crippen LogP contribution in [-0.4, -0.2) is 16.1 Å². The van der Waals surface area contributed by atoms with Gasteiger partial charge in [0.1, 0.15) is 0 Å². The van der Waals surface area contributed by atoms with Crippen LogP contribution in [0.5, 0.6) is 0 Å². The van der Waals surface area contributed by atoms with Crippen LogP contribution in [0.3, 0.4) is 0 Å². The number of hydrogen-bond acceptors (Lipinski definition) is 2. The number of H-pyrrole nitrogens is 1. The van der Waals surface area contributed by atoms with Crippen LogP contribution in [0.2, 0.25) is 0 Å². The lowest BCUT2D eigenvalue weighted by Gasteiger charge is -2.05. The molecular formula is C16H15N3O. The molecule has 0 saturated heterocycles. The summed E-state index contributed by atoms with van der Waals surface area (Å²) < 4.78 is 0. The Kier molecular flexibility index (Phi) is 3.46. The van der Waals surface area contributed by atoms with Gasteiger partial charge in [0.15, 0.2) is 0 Å². The molecule has 0 atom stereocenters. The highest BCUT2D eigenvalue weighted by Crippen LogP contribution is 2.17. The molecular weight excluding hydrogens is 250 g/mol. The minimum absolute atomic E-state index is 0.0247. The van der Waals surface area contributed by atoms with Crippen molar-refractivity contribution < 1.29 is 4.79 Å². The molecule has 0 unspecified atom stereocenters. The largest absolute Gasteiger partial charge is 0.326 e. The fourth-order valence-corrected chi connectivity index (χ4v) is 2.15. The fourth-order valence-electron chi connectivity index (χ4n) is 2.15. The molecule has 4 heteroatoms. The van der Waals surface area contributed by atoms with Crippen molar-refractivity contribution in [3.05, 3.63) is 60.3 Å². The van der Waals surface area contributed by atoms with Crippen LogP contribution in [0.1, 0.15) is 12.0 Å². The second-order valence-electron chi connectivity index (χ2n) is 4.71. The molecule has 0 fully saturated rings. The van der Waals surface area contributed by atoms with E-state index in [0.717, 1.165) is 23.0 Å². The van der Waals surface area contributed by atoms with Gasteiger partial charge in [-0.3, -0.25) is 9.89 Å². The topological polar surface area (TPSA) is 57.8 Å².